The summed E-state index contributed by atoms with van der Waals surface area (Å²) in [4.78, 5) is 22.9. The van der Waals surface area contributed by atoms with Gasteiger partial charge in [0.15, 0.2) is 10.5 Å². The van der Waals surface area contributed by atoms with Gasteiger partial charge in [-0.15, -0.1) is 0 Å². The lowest BCUT2D eigenvalue weighted by Gasteiger charge is -2.34. The quantitative estimate of drug-likeness (QED) is 0.200. The van der Waals surface area contributed by atoms with Gasteiger partial charge in [-0.3, -0.25) is 15.3 Å². The summed E-state index contributed by atoms with van der Waals surface area (Å²) >= 11 is 6.66. The molecule has 1 aliphatic rings. The van der Waals surface area contributed by atoms with Crippen LogP contribution in [0.25, 0.3) is 0 Å². The van der Waals surface area contributed by atoms with E-state index in [2.05, 4.69) is 10.4 Å². The Bertz CT molecular complexity index is 1030. The van der Waals surface area contributed by atoms with Crippen LogP contribution in [0.15, 0.2) is 53.6 Å². The van der Waals surface area contributed by atoms with Crippen LogP contribution in [0.1, 0.15) is 19.4 Å². The molecule has 0 bridgehead atoms. The molecule has 3 rings (SSSR count). The predicted octanol–water partition coefficient (Wildman–Crippen LogP) is 4.00. The smallest absolute Gasteiger partial charge is 0.347 e. The number of nitrogens with zero attached hydrogens (tertiary/aromatic N) is 4. The molecule has 2 aromatic rings. The van der Waals surface area contributed by atoms with Crippen molar-refractivity contribution in [3.63, 3.8) is 0 Å². The van der Waals surface area contributed by atoms with Crippen molar-refractivity contribution in [3.05, 3.63) is 64.2 Å². The highest BCUT2D eigenvalue weighted by Gasteiger charge is 2.50. The molecule has 0 saturated carbocycles. The minimum atomic E-state index is -0.920. The number of hydrogen-bond donors (Lipinski definition) is 3. The summed E-state index contributed by atoms with van der Waals surface area (Å²) in [6.45, 7) is 3.63. The van der Waals surface area contributed by atoms with Crippen LogP contribution in [0, 0.1) is 10.1 Å². The summed E-state index contributed by atoms with van der Waals surface area (Å²) < 4.78 is -0.322. The number of urea groups is 1. The van der Waals surface area contributed by atoms with Gasteiger partial charge in [0.05, 0.1) is 15.9 Å². The molecule has 10 nitrogen and oxygen atoms in total. The number of nitrogens with one attached hydrogen (secondary N) is 1. The molecule has 0 aromatic heterocycles. The lowest BCUT2D eigenvalue weighted by molar-refractivity contribution is -0.384. The van der Waals surface area contributed by atoms with E-state index in [1.54, 1.807) is 12.1 Å². The van der Waals surface area contributed by atoms with E-state index in [9.17, 15) is 25.2 Å². The Morgan fingerprint density at radius 1 is 1.29 bits per heavy atom. The van der Waals surface area contributed by atoms with Crippen LogP contribution in [0.3, 0.4) is 0 Å². The highest BCUT2D eigenvalue weighted by molar-refractivity contribution is 8.24. The maximum absolute atomic E-state index is 12.6. The molecule has 1 heterocycles. The molecule has 2 aromatic carbocycles. The molecule has 0 spiro atoms. The number of carbonyl (C=O) groups is 1. The van der Waals surface area contributed by atoms with Crippen molar-refractivity contribution in [2.24, 2.45) is 5.10 Å². The topological polar surface area (TPSA) is 132 Å². The fourth-order valence-corrected chi connectivity index (χ4v) is 4.66. The van der Waals surface area contributed by atoms with Crippen molar-refractivity contribution in [1.29, 1.82) is 0 Å². The lowest BCUT2D eigenvalue weighted by Crippen LogP contribution is -2.54. The molecule has 2 amide bonds. The van der Waals surface area contributed by atoms with Crippen molar-refractivity contribution in [2.75, 3.05) is 5.32 Å². The molecule has 1 aliphatic heterocycles. The predicted molar refractivity (Wildman–Crippen MR) is 121 cm³/mol. The number of thioether (sulfide) groups is 1. The van der Waals surface area contributed by atoms with E-state index in [1.807, 2.05) is 13.8 Å². The van der Waals surface area contributed by atoms with Crippen molar-refractivity contribution < 1.29 is 20.0 Å². The van der Waals surface area contributed by atoms with Gasteiger partial charge >= 0.3 is 6.03 Å². The van der Waals surface area contributed by atoms with Gasteiger partial charge in [-0.1, -0.05) is 24.0 Å². The zero-order valence-corrected chi connectivity index (χ0v) is 18.1. The second-order valence-electron chi connectivity index (χ2n) is 7.10. The van der Waals surface area contributed by atoms with Crippen molar-refractivity contribution >= 4 is 51.9 Å². The number of nitro benzene ring substituents is 1. The number of hydrazone groups is 1. The Hall–Kier alpha value is -3.22. The van der Waals surface area contributed by atoms with Gasteiger partial charge in [0.2, 0.25) is 0 Å². The number of nitro groups is 1. The summed E-state index contributed by atoms with van der Waals surface area (Å²) in [5.41, 5.74) is 0.848. The Morgan fingerprint density at radius 2 is 1.90 bits per heavy atom. The Labute approximate surface area is 187 Å². The Morgan fingerprint density at radius 3 is 2.48 bits per heavy atom. The van der Waals surface area contributed by atoms with Gasteiger partial charge in [0.1, 0.15) is 5.75 Å². The first-order valence-electron chi connectivity index (χ1n) is 8.97. The molecule has 0 radical (unpaired) electrons. The SMILES string of the molecule is CC1(C)SC(=S)N(/N=C\c2ccc(O)cc2)[C@@H]1N(O)C(=O)Nc1ccc([N+](=O)[O-])cc1. The molecule has 1 atom stereocenters. The number of carbonyl (C=O) groups excluding carboxylic acids is 1. The highest BCUT2D eigenvalue weighted by Crippen LogP contribution is 2.42. The molecule has 31 heavy (non-hydrogen) atoms. The fourth-order valence-electron chi connectivity index (χ4n) is 2.87. The summed E-state index contributed by atoms with van der Waals surface area (Å²) in [6.07, 6.45) is 0.583. The number of hydrogen-bond acceptors (Lipinski definition) is 8. The van der Waals surface area contributed by atoms with Gasteiger partial charge in [0.25, 0.3) is 5.69 Å². The van der Waals surface area contributed by atoms with Crippen LogP contribution in [0.2, 0.25) is 0 Å². The Kier molecular flexibility index (Phi) is 6.43. The third kappa shape index (κ3) is 5.10. The number of aromatic hydroxyl groups is 1. The van der Waals surface area contributed by atoms with E-state index in [0.29, 0.717) is 14.9 Å². The van der Waals surface area contributed by atoms with Crippen LogP contribution in [0.5, 0.6) is 5.75 Å². The summed E-state index contributed by atoms with van der Waals surface area (Å²) in [5.74, 6) is 0.118. The maximum atomic E-state index is 12.6. The second-order valence-corrected chi connectivity index (χ2v) is 9.39. The van der Waals surface area contributed by atoms with E-state index in [0.717, 1.165) is 0 Å². The standard InChI is InChI=1S/C19H19N5O5S2/c1-19(2)16(22(18(30)31-19)20-11-12-3-9-15(25)10-4-12)23(27)17(26)21-13-5-7-14(8-6-13)24(28)29/h3-11,16,25,27H,1-2H3,(H,21,26)/b20-11-/t16-/m1/s1. The molecule has 162 valence electrons. The van der Waals surface area contributed by atoms with Crippen LogP contribution in [0.4, 0.5) is 16.2 Å². The van der Waals surface area contributed by atoms with E-state index in [1.165, 1.54) is 59.4 Å². The molecule has 1 fully saturated rings. The van der Waals surface area contributed by atoms with Gasteiger partial charge in [-0.2, -0.15) is 10.2 Å². The summed E-state index contributed by atoms with van der Waals surface area (Å²) in [5, 5.41) is 39.5. The number of rotatable bonds is 5. The molecule has 1 saturated heterocycles. The zero-order chi connectivity index (χ0) is 22.8. The van der Waals surface area contributed by atoms with Crippen LogP contribution in [-0.2, 0) is 0 Å². The van der Waals surface area contributed by atoms with E-state index < -0.39 is 21.9 Å². The fraction of sp³-hybridized carbons (Fsp3) is 0.211. The Balaban J connectivity index is 1.78. The molecule has 0 unspecified atom stereocenters. The zero-order valence-electron chi connectivity index (χ0n) is 16.5. The van der Waals surface area contributed by atoms with Crippen LogP contribution in [-0.4, -0.2) is 52.8 Å². The van der Waals surface area contributed by atoms with E-state index in [4.69, 9.17) is 12.2 Å². The molecule has 12 heteroatoms. The third-order valence-electron chi connectivity index (χ3n) is 4.38. The molecule has 0 aliphatic carbocycles. The van der Waals surface area contributed by atoms with Gasteiger partial charge < -0.3 is 10.4 Å². The maximum Gasteiger partial charge on any atom is 0.347 e. The second kappa shape index (κ2) is 8.88. The normalized spacial score (nSPS) is 17.7. The van der Waals surface area contributed by atoms with Gasteiger partial charge in [-0.05, 0) is 55.8 Å². The van der Waals surface area contributed by atoms with Gasteiger partial charge in [-0.25, -0.2) is 9.80 Å². The first kappa shape index (κ1) is 22.5. The molecular weight excluding hydrogens is 442 g/mol. The number of phenolic OH excluding ortho intramolecular Hbond substituents is 1. The molecular formula is C19H19N5O5S2. The third-order valence-corrected chi connectivity index (χ3v) is 5.92. The first-order valence-corrected chi connectivity index (χ1v) is 10.2. The van der Waals surface area contributed by atoms with Crippen molar-refractivity contribution in [3.8, 4) is 5.75 Å². The summed E-state index contributed by atoms with van der Waals surface area (Å²) in [7, 11) is 0. The average molecular weight is 462 g/mol. The van der Waals surface area contributed by atoms with Crippen LogP contribution >= 0.6 is 24.0 Å². The largest absolute Gasteiger partial charge is 0.508 e. The number of amides is 2. The summed E-state index contributed by atoms with van der Waals surface area (Å²) in [6, 6.07) is 10.7. The monoisotopic (exact) mass is 461 g/mol. The first-order chi connectivity index (χ1) is 14.6. The minimum Gasteiger partial charge on any atom is -0.508 e. The molecule has 3 N–H and O–H groups in total. The average Bonchev–Trinajstić information content (AvgIpc) is 2.94. The van der Waals surface area contributed by atoms with Crippen molar-refractivity contribution in [1.82, 2.24) is 10.1 Å². The highest BCUT2D eigenvalue weighted by atomic mass is 32.2. The number of benzene rings is 2. The van der Waals surface area contributed by atoms with Gasteiger partial charge in [0, 0.05) is 17.8 Å². The number of phenols is 1. The number of anilines is 1. The number of non-ortho nitro benzene ring substituents is 1. The van der Waals surface area contributed by atoms with E-state index in [-0.39, 0.29) is 17.1 Å². The number of hydroxylamine groups is 2. The lowest BCUT2D eigenvalue weighted by atomic mass is 10.1. The van der Waals surface area contributed by atoms with E-state index >= 15 is 0 Å². The van der Waals surface area contributed by atoms with Crippen molar-refractivity contribution in [2.45, 2.75) is 24.8 Å². The number of thiocarbonyl (C=S) groups is 1. The van der Waals surface area contributed by atoms with Crippen LogP contribution < -0.4 is 5.32 Å². The minimum absolute atomic E-state index is 0.118.